The summed E-state index contributed by atoms with van der Waals surface area (Å²) in [5.41, 5.74) is 0. The molecular formula is C70H118NO8P. The molecule has 0 aliphatic heterocycles. The first-order chi connectivity index (χ1) is 39.0. The summed E-state index contributed by atoms with van der Waals surface area (Å²) in [5.74, 6) is -0.847. The molecule has 0 aliphatic rings. The zero-order chi connectivity index (χ0) is 58.4. The highest BCUT2D eigenvalue weighted by atomic mass is 31.2. The van der Waals surface area contributed by atoms with Crippen LogP contribution < -0.4 is 4.89 Å². The Bertz CT molecular complexity index is 1810. The van der Waals surface area contributed by atoms with E-state index in [1.165, 1.54) is 83.5 Å². The van der Waals surface area contributed by atoms with Crippen molar-refractivity contribution in [1.82, 2.24) is 0 Å². The maximum absolute atomic E-state index is 12.8. The summed E-state index contributed by atoms with van der Waals surface area (Å²) in [6, 6.07) is 0. The number of likely N-dealkylation sites (N-methyl/N-ethyl adjacent to an activating group) is 1. The fourth-order valence-corrected chi connectivity index (χ4v) is 9.06. The van der Waals surface area contributed by atoms with Crippen molar-refractivity contribution in [3.05, 3.63) is 134 Å². The van der Waals surface area contributed by atoms with E-state index in [4.69, 9.17) is 18.5 Å². The van der Waals surface area contributed by atoms with Crippen LogP contribution in [0, 0.1) is 0 Å². The van der Waals surface area contributed by atoms with Crippen LogP contribution in [-0.4, -0.2) is 70.0 Å². The Labute approximate surface area is 491 Å². The van der Waals surface area contributed by atoms with E-state index in [1.54, 1.807) is 0 Å². The van der Waals surface area contributed by atoms with Gasteiger partial charge < -0.3 is 27.9 Å². The molecule has 0 bridgehead atoms. The number of quaternary nitrogens is 1. The number of hydrogen-bond donors (Lipinski definition) is 0. The second-order valence-corrected chi connectivity index (χ2v) is 23.4. The van der Waals surface area contributed by atoms with E-state index in [0.717, 1.165) is 128 Å². The molecule has 9 nitrogen and oxygen atoms in total. The number of carbonyl (C=O) groups excluding carboxylic acids is 2. The van der Waals surface area contributed by atoms with E-state index in [2.05, 4.69) is 148 Å². The van der Waals surface area contributed by atoms with Gasteiger partial charge >= 0.3 is 11.9 Å². The average Bonchev–Trinajstić information content (AvgIpc) is 3.42. The molecule has 0 N–H and O–H groups in total. The van der Waals surface area contributed by atoms with Gasteiger partial charge in [0.1, 0.15) is 19.8 Å². The Morgan fingerprint density at radius 2 is 0.675 bits per heavy atom. The summed E-state index contributed by atoms with van der Waals surface area (Å²) in [4.78, 5) is 38.0. The Kier molecular flexibility index (Phi) is 56.9. The number of phosphoric acid groups is 1. The van der Waals surface area contributed by atoms with Crippen LogP contribution in [0.2, 0.25) is 0 Å². The van der Waals surface area contributed by atoms with Gasteiger partial charge in [0.05, 0.1) is 27.7 Å². The summed E-state index contributed by atoms with van der Waals surface area (Å²) < 4.78 is 34.2. The van der Waals surface area contributed by atoms with Crippen molar-refractivity contribution in [1.29, 1.82) is 0 Å². The lowest BCUT2D eigenvalue weighted by Gasteiger charge is -2.28. The highest BCUT2D eigenvalue weighted by Crippen LogP contribution is 2.38. The number of unbranched alkanes of at least 4 members (excludes halogenated alkanes) is 21. The number of ether oxygens (including phenoxy) is 2. The molecule has 0 radical (unpaired) electrons. The van der Waals surface area contributed by atoms with Crippen LogP contribution in [0.3, 0.4) is 0 Å². The SMILES string of the molecule is CC/C=C\C/C=C\C/C=C\C/C=C\C/C=C\C/C=C\CCCCCCCCCCCCC(=O)OC(COC(=O)CCCCCCCCCCCCC/C=C\C/C=C\C/C=C\C/C=C\C/C=C\CC)COP(=O)([O-])OCC[N+](C)(C)C. The Morgan fingerprint density at radius 3 is 1.00 bits per heavy atom. The molecular weight excluding hydrogens is 1010 g/mol. The summed E-state index contributed by atoms with van der Waals surface area (Å²) in [6.07, 6.45) is 86.4. The van der Waals surface area contributed by atoms with E-state index in [1.807, 2.05) is 21.1 Å². The van der Waals surface area contributed by atoms with Crippen molar-refractivity contribution in [2.45, 2.75) is 251 Å². The van der Waals surface area contributed by atoms with E-state index >= 15 is 0 Å². The number of phosphoric ester groups is 1. The topological polar surface area (TPSA) is 111 Å². The van der Waals surface area contributed by atoms with Crippen molar-refractivity contribution >= 4 is 19.8 Å². The lowest BCUT2D eigenvalue weighted by Crippen LogP contribution is -2.37. The number of hydrogen-bond acceptors (Lipinski definition) is 8. The van der Waals surface area contributed by atoms with Crippen LogP contribution in [0.4, 0.5) is 0 Å². The van der Waals surface area contributed by atoms with Crippen LogP contribution in [0.1, 0.15) is 245 Å². The normalized spacial score (nSPS) is 14.1. The van der Waals surface area contributed by atoms with E-state index in [9.17, 15) is 19.0 Å². The van der Waals surface area contributed by atoms with Gasteiger partial charge in [-0.25, -0.2) is 0 Å². The monoisotopic (exact) mass is 1130 g/mol. The second kappa shape index (κ2) is 59.8. The van der Waals surface area contributed by atoms with Crippen LogP contribution in [0.15, 0.2) is 134 Å². The molecule has 0 spiro atoms. The summed E-state index contributed by atoms with van der Waals surface area (Å²) in [6.45, 7) is 4.00. The predicted octanol–water partition coefficient (Wildman–Crippen LogP) is 19.9. The van der Waals surface area contributed by atoms with Gasteiger partial charge in [0.15, 0.2) is 6.10 Å². The smallest absolute Gasteiger partial charge is 0.306 e. The molecule has 0 saturated carbocycles. The number of allylic oxidation sites excluding steroid dienone is 22. The van der Waals surface area contributed by atoms with Gasteiger partial charge in [0.2, 0.25) is 0 Å². The van der Waals surface area contributed by atoms with E-state index < -0.39 is 32.5 Å². The van der Waals surface area contributed by atoms with Gasteiger partial charge in [-0.15, -0.1) is 0 Å². The third kappa shape index (κ3) is 63.3. The quantitative estimate of drug-likeness (QED) is 0.0195. The minimum Gasteiger partial charge on any atom is -0.756 e. The molecule has 0 heterocycles. The molecule has 10 heteroatoms. The van der Waals surface area contributed by atoms with Crippen LogP contribution in [0.25, 0.3) is 0 Å². The molecule has 0 aliphatic carbocycles. The third-order valence-electron chi connectivity index (χ3n) is 13.2. The molecule has 0 fully saturated rings. The van der Waals surface area contributed by atoms with Crippen molar-refractivity contribution in [2.24, 2.45) is 0 Å². The molecule has 2 unspecified atom stereocenters. The third-order valence-corrected chi connectivity index (χ3v) is 14.1. The van der Waals surface area contributed by atoms with E-state index in [0.29, 0.717) is 17.4 Å². The van der Waals surface area contributed by atoms with Crippen molar-refractivity contribution < 1.29 is 42.1 Å². The van der Waals surface area contributed by atoms with Gasteiger partial charge in [-0.3, -0.25) is 14.2 Å². The van der Waals surface area contributed by atoms with Crippen LogP contribution in [0.5, 0.6) is 0 Å². The van der Waals surface area contributed by atoms with Gasteiger partial charge in [-0.1, -0.05) is 257 Å². The Hall–Kier alpha value is -3.85. The van der Waals surface area contributed by atoms with E-state index in [-0.39, 0.29) is 26.1 Å². The Balaban J connectivity index is 4.16. The van der Waals surface area contributed by atoms with Crippen LogP contribution in [-0.2, 0) is 32.7 Å². The minimum atomic E-state index is -4.65. The number of nitrogens with zero attached hydrogens (tertiary/aromatic N) is 1. The fraction of sp³-hybridized carbons (Fsp3) is 0.657. The van der Waals surface area contributed by atoms with Crippen molar-refractivity contribution in [3.63, 3.8) is 0 Å². The first kappa shape index (κ1) is 76.1. The van der Waals surface area contributed by atoms with Gasteiger partial charge in [0, 0.05) is 12.8 Å². The molecule has 80 heavy (non-hydrogen) atoms. The molecule has 0 aromatic rings. The first-order valence-electron chi connectivity index (χ1n) is 31.9. The zero-order valence-corrected chi connectivity index (χ0v) is 52.6. The number of rotatable bonds is 57. The number of esters is 2. The van der Waals surface area contributed by atoms with Gasteiger partial charge in [0.25, 0.3) is 7.82 Å². The highest BCUT2D eigenvalue weighted by molar-refractivity contribution is 7.45. The van der Waals surface area contributed by atoms with Gasteiger partial charge in [-0.05, 0) is 109 Å². The van der Waals surface area contributed by atoms with Gasteiger partial charge in [-0.2, -0.15) is 0 Å². The lowest BCUT2D eigenvalue weighted by atomic mass is 10.0. The molecule has 0 saturated heterocycles. The second-order valence-electron chi connectivity index (χ2n) is 22.0. The minimum absolute atomic E-state index is 0.0388. The zero-order valence-electron chi connectivity index (χ0n) is 51.7. The summed E-state index contributed by atoms with van der Waals surface area (Å²) in [7, 11) is 1.15. The molecule has 2 atom stereocenters. The van der Waals surface area contributed by atoms with Crippen molar-refractivity contribution in [3.8, 4) is 0 Å². The molecule has 456 valence electrons. The summed E-state index contributed by atoms with van der Waals surface area (Å²) >= 11 is 0. The predicted molar refractivity (Wildman–Crippen MR) is 341 cm³/mol. The number of carbonyl (C=O) groups is 2. The largest absolute Gasteiger partial charge is 0.756 e. The molecule has 0 amide bonds. The Morgan fingerprint density at radius 1 is 0.388 bits per heavy atom. The molecule has 0 aromatic heterocycles. The standard InChI is InChI=1S/C70H118NO8P/c1-6-8-10-12-14-16-18-20-22-24-26-28-30-32-34-35-37-39-41-43-45-47-49-51-53-55-57-59-61-63-70(73)79-68(67-78-80(74,75)77-65-64-71(3,4)5)66-76-69(72)62-60-58-56-54-52-50-48-46-44-42-40-38-36-33-31-29-27-25-23-21-19-17-15-13-11-9-7-2/h8-11,14-17,20-23,26-29,32-34,36-37,39,68H,6-7,12-13,18-19,24-25,30-31,35,38,40-67H2,1-5H3/b10-8-,11-9-,16-14-,17-15-,22-20-,23-21-,28-26-,29-27-,34-32-,36-33-,39-37-. The highest BCUT2D eigenvalue weighted by Gasteiger charge is 2.22. The van der Waals surface area contributed by atoms with Crippen molar-refractivity contribution in [2.75, 3.05) is 47.5 Å². The summed E-state index contributed by atoms with van der Waals surface area (Å²) in [5, 5.41) is 0. The first-order valence-corrected chi connectivity index (χ1v) is 33.4. The fourth-order valence-electron chi connectivity index (χ4n) is 8.33. The average molecular weight is 1130 g/mol. The molecule has 0 aromatic carbocycles. The molecule has 0 rings (SSSR count). The van der Waals surface area contributed by atoms with Crippen LogP contribution >= 0.6 is 7.82 Å². The maximum atomic E-state index is 12.8. The lowest BCUT2D eigenvalue weighted by molar-refractivity contribution is -0.870. The maximum Gasteiger partial charge on any atom is 0.306 e.